The zero-order valence-electron chi connectivity index (χ0n) is 31.2. The Bertz CT molecular complexity index is 1430. The Labute approximate surface area is 323 Å². The molecule has 10 bridgehead atoms. The lowest BCUT2D eigenvalue weighted by atomic mass is 10.1. The van der Waals surface area contributed by atoms with Gasteiger partial charge in [0.25, 0.3) is 0 Å². The van der Waals surface area contributed by atoms with E-state index in [0.29, 0.717) is 66.1 Å². The van der Waals surface area contributed by atoms with Crippen molar-refractivity contribution in [3.8, 4) is 0 Å². The van der Waals surface area contributed by atoms with Crippen LogP contribution >= 0.6 is 0 Å². The van der Waals surface area contributed by atoms with Gasteiger partial charge < -0.3 is 47.4 Å². The molecule has 0 aromatic heterocycles. The van der Waals surface area contributed by atoms with Crippen LogP contribution in [0.5, 0.6) is 0 Å². The smallest absolute Gasteiger partial charge is 0.147 e. The Hall–Kier alpha value is -4.30. The standard InChI is InChI=1S/C45H50O10/c1-6-36-16-37(7-1)22-47-32-49-24-39-9-3-11-41(18-39)26-51-34-53-28-43-13-5-15-45(20-43)30-55-35-54-29-44-14-4-12-42(19-44)27-52-33-50-25-40-10-2-8-38(17-40)23-48-31-46-21-36/h1-20H,21-35H2. The molecule has 6 rings (SSSR count). The lowest BCUT2D eigenvalue weighted by Gasteiger charge is -2.11. The molecule has 10 nitrogen and oxygen atoms in total. The fourth-order valence-electron chi connectivity index (χ4n) is 5.94. The molecular formula is C45H50O10. The van der Waals surface area contributed by atoms with Crippen molar-refractivity contribution >= 4 is 0 Å². The third-order valence-electron chi connectivity index (χ3n) is 8.48. The monoisotopic (exact) mass is 750 g/mol. The van der Waals surface area contributed by atoms with E-state index in [-0.39, 0.29) is 34.0 Å². The summed E-state index contributed by atoms with van der Waals surface area (Å²) in [7, 11) is 0. The second-order valence-electron chi connectivity index (χ2n) is 13.2. The second-order valence-corrected chi connectivity index (χ2v) is 13.2. The zero-order chi connectivity index (χ0) is 37.6. The predicted octanol–water partition coefficient (Wildman–Crippen LogP) is 8.45. The molecule has 55 heavy (non-hydrogen) atoms. The summed E-state index contributed by atoms with van der Waals surface area (Å²) in [4.78, 5) is 0. The van der Waals surface area contributed by atoms with E-state index in [9.17, 15) is 0 Å². The van der Waals surface area contributed by atoms with Gasteiger partial charge in [0.2, 0.25) is 0 Å². The molecule has 0 saturated heterocycles. The first kappa shape index (κ1) is 40.4. The number of rotatable bonds is 0. The number of hydrogen-bond donors (Lipinski definition) is 0. The number of ether oxygens (including phenoxy) is 10. The average molecular weight is 751 g/mol. The molecule has 1 aliphatic heterocycles. The SMILES string of the molecule is c1cc2cc(c1)COCOCc1cccc(c1)COCOCc1cccc(c1)COCOCc1cccc(c1)COCOCc1cccc(c1)COCOC2. The van der Waals surface area contributed by atoms with Crippen molar-refractivity contribution in [1.29, 1.82) is 0 Å². The third kappa shape index (κ3) is 15.4. The van der Waals surface area contributed by atoms with Gasteiger partial charge in [0.05, 0.1) is 66.1 Å². The number of benzene rings is 5. The van der Waals surface area contributed by atoms with Crippen LogP contribution in [-0.2, 0) is 113 Å². The molecule has 0 fully saturated rings. The highest BCUT2D eigenvalue weighted by Crippen LogP contribution is 2.14. The summed E-state index contributed by atoms with van der Waals surface area (Å²) in [5.74, 6) is 0. The van der Waals surface area contributed by atoms with Crippen LogP contribution in [0.1, 0.15) is 55.6 Å². The summed E-state index contributed by atoms with van der Waals surface area (Å²) < 4.78 is 57.9. The van der Waals surface area contributed by atoms with Crippen molar-refractivity contribution in [1.82, 2.24) is 0 Å². The van der Waals surface area contributed by atoms with E-state index in [1.54, 1.807) is 0 Å². The zero-order valence-corrected chi connectivity index (χ0v) is 31.2. The van der Waals surface area contributed by atoms with Crippen LogP contribution in [0.3, 0.4) is 0 Å². The van der Waals surface area contributed by atoms with Crippen LogP contribution in [0.4, 0.5) is 0 Å². The minimum absolute atomic E-state index is 0.181. The Morgan fingerprint density at radius 3 is 0.455 bits per heavy atom. The van der Waals surface area contributed by atoms with Gasteiger partial charge in [0.15, 0.2) is 0 Å². The van der Waals surface area contributed by atoms with Gasteiger partial charge in [-0.15, -0.1) is 0 Å². The molecular weight excluding hydrogens is 700 g/mol. The Kier molecular flexibility index (Phi) is 17.3. The number of fused-ring (bicyclic) bond motifs is 10. The van der Waals surface area contributed by atoms with Crippen LogP contribution in [0.25, 0.3) is 0 Å². The first-order chi connectivity index (χ1) is 27.2. The van der Waals surface area contributed by atoms with Crippen LogP contribution in [-0.4, -0.2) is 34.0 Å². The molecule has 0 aliphatic carbocycles. The molecule has 1 aliphatic rings. The highest BCUT2D eigenvalue weighted by molar-refractivity contribution is 5.25. The van der Waals surface area contributed by atoms with Crippen LogP contribution in [0.2, 0.25) is 0 Å². The fourth-order valence-corrected chi connectivity index (χ4v) is 5.94. The summed E-state index contributed by atoms with van der Waals surface area (Å²) in [6.07, 6.45) is 0. The second kappa shape index (κ2) is 23.6. The maximum Gasteiger partial charge on any atom is 0.147 e. The molecule has 0 amide bonds. The molecule has 1 heterocycles. The van der Waals surface area contributed by atoms with Crippen LogP contribution in [0.15, 0.2) is 121 Å². The molecule has 5 aromatic carbocycles. The van der Waals surface area contributed by atoms with E-state index < -0.39 is 0 Å². The van der Waals surface area contributed by atoms with Gasteiger partial charge in [0.1, 0.15) is 34.0 Å². The largest absolute Gasteiger partial charge is 0.351 e. The van der Waals surface area contributed by atoms with Crippen molar-refractivity contribution in [3.63, 3.8) is 0 Å². The minimum atomic E-state index is 0.181. The summed E-state index contributed by atoms with van der Waals surface area (Å²) in [5, 5.41) is 0. The predicted molar refractivity (Wildman–Crippen MR) is 204 cm³/mol. The van der Waals surface area contributed by atoms with Gasteiger partial charge in [-0.25, -0.2) is 0 Å². The maximum absolute atomic E-state index is 5.79. The summed E-state index contributed by atoms with van der Waals surface area (Å²) in [6.45, 7) is 5.26. The first-order valence-electron chi connectivity index (χ1n) is 18.4. The Balaban J connectivity index is 0.988. The van der Waals surface area contributed by atoms with Crippen molar-refractivity contribution in [2.45, 2.75) is 66.1 Å². The van der Waals surface area contributed by atoms with Crippen molar-refractivity contribution < 1.29 is 47.4 Å². The highest BCUT2D eigenvalue weighted by Gasteiger charge is 2.04. The molecule has 5 aromatic rings. The molecule has 0 unspecified atom stereocenters. The quantitative estimate of drug-likeness (QED) is 0.154. The van der Waals surface area contributed by atoms with Gasteiger partial charge in [-0.3, -0.25) is 0 Å². The van der Waals surface area contributed by atoms with E-state index in [2.05, 4.69) is 30.3 Å². The lowest BCUT2D eigenvalue weighted by molar-refractivity contribution is -0.0713. The topological polar surface area (TPSA) is 92.3 Å². The molecule has 290 valence electrons. The van der Waals surface area contributed by atoms with Gasteiger partial charge >= 0.3 is 0 Å². The molecule has 0 spiro atoms. The van der Waals surface area contributed by atoms with Gasteiger partial charge in [0, 0.05) is 0 Å². The molecule has 0 N–H and O–H groups in total. The van der Waals surface area contributed by atoms with E-state index in [4.69, 9.17) is 47.4 Å². The van der Waals surface area contributed by atoms with Crippen molar-refractivity contribution in [2.24, 2.45) is 0 Å². The van der Waals surface area contributed by atoms with Gasteiger partial charge in [-0.2, -0.15) is 0 Å². The van der Waals surface area contributed by atoms with E-state index in [1.165, 1.54) is 0 Å². The Morgan fingerprint density at radius 1 is 0.200 bits per heavy atom. The maximum atomic E-state index is 5.79. The summed E-state index contributed by atoms with van der Waals surface area (Å²) in [5.41, 5.74) is 10.4. The molecule has 0 saturated carbocycles. The number of hydrogen-bond acceptors (Lipinski definition) is 10. The summed E-state index contributed by atoms with van der Waals surface area (Å²) in [6, 6.07) is 40.6. The van der Waals surface area contributed by atoms with Crippen molar-refractivity contribution in [3.05, 3.63) is 177 Å². The van der Waals surface area contributed by atoms with E-state index in [1.807, 2.05) is 91.0 Å². The summed E-state index contributed by atoms with van der Waals surface area (Å²) >= 11 is 0. The van der Waals surface area contributed by atoms with Crippen LogP contribution in [0, 0.1) is 0 Å². The Morgan fingerprint density at radius 2 is 0.327 bits per heavy atom. The highest BCUT2D eigenvalue weighted by atomic mass is 16.7. The van der Waals surface area contributed by atoms with Crippen LogP contribution < -0.4 is 0 Å². The minimum Gasteiger partial charge on any atom is -0.351 e. The average Bonchev–Trinajstić information content (AvgIpc) is 3.21. The van der Waals surface area contributed by atoms with Gasteiger partial charge in [-0.1, -0.05) is 121 Å². The van der Waals surface area contributed by atoms with E-state index in [0.717, 1.165) is 55.6 Å². The van der Waals surface area contributed by atoms with E-state index >= 15 is 0 Å². The molecule has 0 atom stereocenters. The van der Waals surface area contributed by atoms with Gasteiger partial charge in [-0.05, 0) is 55.6 Å². The van der Waals surface area contributed by atoms with Crippen molar-refractivity contribution in [2.75, 3.05) is 34.0 Å². The third-order valence-corrected chi connectivity index (χ3v) is 8.48. The molecule has 0 radical (unpaired) electrons. The normalized spacial score (nSPS) is 17.1. The molecule has 10 heteroatoms. The lowest BCUT2D eigenvalue weighted by Crippen LogP contribution is -2.04. The first-order valence-corrected chi connectivity index (χ1v) is 18.4. The fraction of sp³-hybridized carbons (Fsp3) is 0.333.